The van der Waals surface area contributed by atoms with E-state index in [0.29, 0.717) is 11.5 Å². The summed E-state index contributed by atoms with van der Waals surface area (Å²) in [7, 11) is 5.00. The number of methoxy groups -OCH3 is 2. The summed E-state index contributed by atoms with van der Waals surface area (Å²) >= 11 is 1.51. The molecular formula is C21H22N2O3S. The molecule has 0 radical (unpaired) electrons. The van der Waals surface area contributed by atoms with Gasteiger partial charge in [-0.25, -0.2) is 4.98 Å². The van der Waals surface area contributed by atoms with Crippen LogP contribution in [0.3, 0.4) is 0 Å². The van der Waals surface area contributed by atoms with Gasteiger partial charge in [-0.15, -0.1) is 11.3 Å². The maximum Gasteiger partial charge on any atom is 0.232 e. The van der Waals surface area contributed by atoms with E-state index in [1.165, 1.54) is 11.3 Å². The van der Waals surface area contributed by atoms with E-state index in [2.05, 4.69) is 4.98 Å². The van der Waals surface area contributed by atoms with Crippen molar-refractivity contribution in [3.8, 4) is 22.1 Å². The van der Waals surface area contributed by atoms with E-state index >= 15 is 0 Å². The van der Waals surface area contributed by atoms with Crippen LogP contribution in [-0.2, 0) is 11.2 Å². The number of carbonyl (C=O) groups excluding carboxylic acids is 1. The third-order valence-corrected chi connectivity index (χ3v) is 5.22. The molecule has 0 aliphatic rings. The number of ether oxygens (including phenoxy) is 2. The Kier molecular flexibility index (Phi) is 5.76. The Morgan fingerprint density at radius 1 is 1.11 bits per heavy atom. The molecule has 0 fully saturated rings. The van der Waals surface area contributed by atoms with E-state index in [4.69, 9.17) is 9.47 Å². The third-order valence-electron chi connectivity index (χ3n) is 4.28. The number of nitrogens with zero attached hydrogens (tertiary/aromatic N) is 2. The average Bonchev–Trinajstić information content (AvgIpc) is 3.15. The number of rotatable bonds is 6. The van der Waals surface area contributed by atoms with Gasteiger partial charge in [0.05, 0.1) is 26.3 Å². The second-order valence-corrected chi connectivity index (χ2v) is 7.04. The lowest BCUT2D eigenvalue weighted by atomic mass is 10.2. The lowest BCUT2D eigenvalue weighted by Gasteiger charge is -2.17. The summed E-state index contributed by atoms with van der Waals surface area (Å²) in [5, 5.41) is 2.77. The zero-order valence-electron chi connectivity index (χ0n) is 15.9. The van der Waals surface area contributed by atoms with Crippen molar-refractivity contribution in [3.05, 3.63) is 59.1 Å². The molecule has 0 aliphatic heterocycles. The molecule has 1 heterocycles. The molecule has 0 saturated carbocycles. The van der Waals surface area contributed by atoms with Crippen LogP contribution in [0.1, 0.15) is 11.3 Å². The summed E-state index contributed by atoms with van der Waals surface area (Å²) in [6, 6.07) is 13.6. The summed E-state index contributed by atoms with van der Waals surface area (Å²) in [6.07, 6.45) is 0.258. The number of carbonyl (C=O) groups is 1. The van der Waals surface area contributed by atoms with Crippen LogP contribution < -0.4 is 14.4 Å². The Hall–Kier alpha value is -2.86. The van der Waals surface area contributed by atoms with Crippen molar-refractivity contribution in [2.75, 3.05) is 26.2 Å². The number of hydrogen-bond donors (Lipinski definition) is 0. The predicted molar refractivity (Wildman–Crippen MR) is 109 cm³/mol. The largest absolute Gasteiger partial charge is 0.493 e. The van der Waals surface area contributed by atoms with Gasteiger partial charge in [0.2, 0.25) is 5.91 Å². The van der Waals surface area contributed by atoms with Gasteiger partial charge in [0.1, 0.15) is 5.01 Å². The fourth-order valence-corrected chi connectivity index (χ4v) is 3.56. The molecule has 3 rings (SSSR count). The highest BCUT2D eigenvalue weighted by atomic mass is 32.1. The average molecular weight is 382 g/mol. The minimum atomic E-state index is 0.00441. The molecule has 0 unspecified atom stereocenters. The van der Waals surface area contributed by atoms with Crippen molar-refractivity contribution >= 4 is 22.9 Å². The Balaban J connectivity index is 1.75. The molecule has 0 spiro atoms. The minimum absolute atomic E-state index is 0.00441. The standard InChI is InChI=1S/C21H22N2O3S/c1-14-6-5-7-17(10-14)23(2)20(24)12-16-13-27-21(22-16)15-8-9-18(25-3)19(11-15)26-4/h5-11,13H,12H2,1-4H3. The van der Waals surface area contributed by atoms with Crippen LogP contribution >= 0.6 is 11.3 Å². The van der Waals surface area contributed by atoms with Crippen LogP contribution in [0, 0.1) is 6.92 Å². The van der Waals surface area contributed by atoms with E-state index in [0.717, 1.165) is 27.5 Å². The highest BCUT2D eigenvalue weighted by Crippen LogP contribution is 2.33. The molecule has 3 aromatic rings. The second-order valence-electron chi connectivity index (χ2n) is 6.18. The van der Waals surface area contributed by atoms with Gasteiger partial charge in [0.15, 0.2) is 11.5 Å². The summed E-state index contributed by atoms with van der Waals surface area (Å²) < 4.78 is 10.6. The minimum Gasteiger partial charge on any atom is -0.493 e. The van der Waals surface area contributed by atoms with Crippen molar-refractivity contribution in [2.45, 2.75) is 13.3 Å². The number of likely N-dealkylation sites (N-methyl/N-ethyl adjacent to an activating group) is 1. The van der Waals surface area contributed by atoms with Gasteiger partial charge >= 0.3 is 0 Å². The highest BCUT2D eigenvalue weighted by Gasteiger charge is 2.15. The number of thiazole rings is 1. The van der Waals surface area contributed by atoms with Gasteiger partial charge in [0.25, 0.3) is 0 Å². The van der Waals surface area contributed by atoms with Crippen LogP contribution in [-0.4, -0.2) is 32.2 Å². The van der Waals surface area contributed by atoms with Gasteiger partial charge in [-0.05, 0) is 42.8 Å². The predicted octanol–water partition coefficient (Wildman–Crippen LogP) is 4.34. The van der Waals surface area contributed by atoms with Gasteiger partial charge < -0.3 is 14.4 Å². The van der Waals surface area contributed by atoms with Gasteiger partial charge in [-0.2, -0.15) is 0 Å². The summed E-state index contributed by atoms with van der Waals surface area (Å²) in [5.41, 5.74) is 3.70. The van der Waals surface area contributed by atoms with Crippen molar-refractivity contribution < 1.29 is 14.3 Å². The zero-order valence-corrected chi connectivity index (χ0v) is 16.7. The Labute approximate surface area is 163 Å². The molecule has 140 valence electrons. The van der Waals surface area contributed by atoms with Crippen LogP contribution in [0.2, 0.25) is 0 Å². The van der Waals surface area contributed by atoms with E-state index in [9.17, 15) is 4.79 Å². The topological polar surface area (TPSA) is 51.7 Å². The molecule has 1 amide bonds. The molecule has 1 aromatic heterocycles. The van der Waals surface area contributed by atoms with Crippen molar-refractivity contribution in [3.63, 3.8) is 0 Å². The first-order valence-electron chi connectivity index (χ1n) is 8.52. The van der Waals surface area contributed by atoms with Gasteiger partial charge in [-0.3, -0.25) is 4.79 Å². The Morgan fingerprint density at radius 2 is 1.89 bits per heavy atom. The molecule has 0 saturated heterocycles. The smallest absolute Gasteiger partial charge is 0.232 e. The first kappa shape index (κ1) is 18.9. The van der Waals surface area contributed by atoms with E-state index in [1.807, 2.05) is 54.8 Å². The number of amides is 1. The maximum atomic E-state index is 12.6. The monoisotopic (exact) mass is 382 g/mol. The Bertz CT molecular complexity index is 952. The number of hydrogen-bond acceptors (Lipinski definition) is 5. The SMILES string of the molecule is COc1ccc(-c2nc(CC(=O)N(C)c3cccc(C)c3)cs2)cc1OC. The second kappa shape index (κ2) is 8.22. The number of benzene rings is 2. The maximum absolute atomic E-state index is 12.6. The lowest BCUT2D eigenvalue weighted by molar-refractivity contribution is -0.117. The normalized spacial score (nSPS) is 10.5. The molecule has 27 heavy (non-hydrogen) atoms. The summed E-state index contributed by atoms with van der Waals surface area (Å²) in [6.45, 7) is 2.01. The van der Waals surface area contributed by atoms with Crippen molar-refractivity contribution in [2.24, 2.45) is 0 Å². The van der Waals surface area contributed by atoms with Crippen LogP contribution in [0.4, 0.5) is 5.69 Å². The number of aryl methyl sites for hydroxylation is 1. The highest BCUT2D eigenvalue weighted by molar-refractivity contribution is 7.13. The fraction of sp³-hybridized carbons (Fsp3) is 0.238. The van der Waals surface area contributed by atoms with Crippen LogP contribution in [0.15, 0.2) is 47.8 Å². The quantitative estimate of drug-likeness (QED) is 0.636. The first-order chi connectivity index (χ1) is 13.0. The van der Waals surface area contributed by atoms with Gasteiger partial charge in [0, 0.05) is 23.7 Å². The van der Waals surface area contributed by atoms with Crippen molar-refractivity contribution in [1.29, 1.82) is 0 Å². The lowest BCUT2D eigenvalue weighted by Crippen LogP contribution is -2.27. The summed E-state index contributed by atoms with van der Waals surface area (Å²) in [5.74, 6) is 1.33. The zero-order chi connectivity index (χ0) is 19.4. The molecular weight excluding hydrogens is 360 g/mol. The molecule has 5 nitrogen and oxygen atoms in total. The van der Waals surface area contributed by atoms with E-state index < -0.39 is 0 Å². The molecule has 0 bridgehead atoms. The molecule has 0 N–H and O–H groups in total. The molecule has 0 atom stereocenters. The number of aromatic nitrogens is 1. The van der Waals surface area contributed by atoms with Gasteiger partial charge in [-0.1, -0.05) is 12.1 Å². The van der Waals surface area contributed by atoms with E-state index in [-0.39, 0.29) is 12.3 Å². The van der Waals surface area contributed by atoms with Crippen LogP contribution in [0.25, 0.3) is 10.6 Å². The van der Waals surface area contributed by atoms with Crippen LogP contribution in [0.5, 0.6) is 11.5 Å². The molecule has 6 heteroatoms. The fourth-order valence-electron chi connectivity index (χ4n) is 2.74. The third kappa shape index (κ3) is 4.28. The summed E-state index contributed by atoms with van der Waals surface area (Å²) in [4.78, 5) is 18.9. The Morgan fingerprint density at radius 3 is 2.59 bits per heavy atom. The molecule has 2 aromatic carbocycles. The first-order valence-corrected chi connectivity index (χ1v) is 9.40. The number of anilines is 1. The van der Waals surface area contributed by atoms with E-state index in [1.54, 1.807) is 26.2 Å². The molecule has 0 aliphatic carbocycles. The van der Waals surface area contributed by atoms with Crippen molar-refractivity contribution in [1.82, 2.24) is 4.98 Å².